The zero-order valence-electron chi connectivity index (χ0n) is 3.73. The molecule has 0 saturated heterocycles. The van der Waals surface area contributed by atoms with Gasteiger partial charge >= 0.3 is 0 Å². The largest absolute Gasteiger partial charge is 0.693 e. The van der Waals surface area contributed by atoms with E-state index in [9.17, 15) is 0 Å². The average molecular weight is 180 g/mol. The molecule has 0 aromatic carbocycles. The van der Waals surface area contributed by atoms with E-state index in [4.69, 9.17) is 0 Å². The summed E-state index contributed by atoms with van der Waals surface area (Å²) in [7, 11) is 0.750. The second kappa shape index (κ2) is 33.7. The first-order chi connectivity index (χ1) is 1.41. The van der Waals surface area contributed by atoms with Crippen molar-refractivity contribution >= 4 is 9.52 Å². The monoisotopic (exact) mass is 180 g/mol. The average Bonchev–Trinajstić information content (AvgIpc) is 0.918. The van der Waals surface area contributed by atoms with E-state index in [0.717, 1.165) is 9.52 Å². The van der Waals surface area contributed by atoms with Crippen molar-refractivity contribution in [3.05, 3.63) is 6.15 Å². The third kappa shape index (κ3) is 59.0. The van der Waals surface area contributed by atoms with Gasteiger partial charge < -0.3 is 6.15 Å². The molecule has 0 bridgehead atoms. The minimum Gasteiger partial charge on any atom is -0.693 e. The van der Waals surface area contributed by atoms with E-state index in [1.165, 1.54) is 0 Å². The van der Waals surface area contributed by atoms with Crippen LogP contribution in [0, 0.1) is 0 Å². The molecule has 0 fully saturated rings. The fourth-order valence-corrected chi connectivity index (χ4v) is 0. The van der Waals surface area contributed by atoms with Gasteiger partial charge in [0.25, 0.3) is 0 Å². The van der Waals surface area contributed by atoms with E-state index in [-0.39, 0.29) is 46.3 Å². The minimum absolute atomic E-state index is 0. The molecule has 0 aromatic rings. The normalized spacial score (nSPS) is 3.00. The van der Waals surface area contributed by atoms with Crippen LogP contribution in [0.3, 0.4) is 0 Å². The second-order valence-corrected chi connectivity index (χ2v) is 1.73. The van der Waals surface area contributed by atoms with Gasteiger partial charge in [-0.3, -0.25) is 0 Å². The summed E-state index contributed by atoms with van der Waals surface area (Å²) in [6, 6.07) is 0. The maximum atomic E-state index is 2.21. The summed E-state index contributed by atoms with van der Waals surface area (Å²) in [6.45, 7) is 4.42. The molecule has 0 spiro atoms. The molecule has 0 aliphatic heterocycles. The molecule has 0 rings (SSSR count). The third-order valence-electron chi connectivity index (χ3n) is 0. The fourth-order valence-electron chi connectivity index (χ4n) is 0. The van der Waals surface area contributed by atoms with Crippen LogP contribution >= 0.6 is 0 Å². The van der Waals surface area contributed by atoms with Crippen molar-refractivity contribution in [3.8, 4) is 0 Å². The first-order valence-corrected chi connectivity index (χ1v) is 3.46. The van der Waals surface area contributed by atoms with Crippen LogP contribution in [0.1, 0.15) is 7.43 Å². The van der Waals surface area contributed by atoms with Gasteiger partial charge in [-0.2, -0.15) is 0 Å². The molecule has 1 nitrogen and oxygen atoms in total. The SMILES string of the molecule is C.C[SiH]C.[NH2-].[Y]. The Kier molecular flexibility index (Phi) is 150. The summed E-state index contributed by atoms with van der Waals surface area (Å²) in [6.07, 6.45) is 0. The van der Waals surface area contributed by atoms with Gasteiger partial charge in [0, 0.05) is 42.2 Å². The van der Waals surface area contributed by atoms with Crippen LogP contribution in [0.25, 0.3) is 6.15 Å². The van der Waals surface area contributed by atoms with Gasteiger partial charge in [-0.05, 0) is 0 Å². The number of rotatable bonds is 0. The fraction of sp³-hybridized carbons (Fsp3) is 1.00. The van der Waals surface area contributed by atoms with E-state index in [0.29, 0.717) is 0 Å². The first kappa shape index (κ1) is 26.7. The van der Waals surface area contributed by atoms with Crippen LogP contribution < -0.4 is 0 Å². The Balaban J connectivity index is -0.00000000667. The maximum absolute atomic E-state index is 2.21. The summed E-state index contributed by atoms with van der Waals surface area (Å²) in [5, 5.41) is 0. The van der Waals surface area contributed by atoms with Crippen LogP contribution in [0.15, 0.2) is 0 Å². The van der Waals surface area contributed by atoms with Crippen molar-refractivity contribution < 1.29 is 32.7 Å². The summed E-state index contributed by atoms with van der Waals surface area (Å²) in [5.74, 6) is 0. The molecular formula is C3H13NSiY-. The first-order valence-electron chi connectivity index (χ1n) is 1.15. The second-order valence-electron chi connectivity index (χ2n) is 0.577. The number of nitrogens with two attached hydrogens (primary N) is 1. The Morgan fingerprint density at radius 3 is 1.17 bits per heavy atom. The molecule has 0 atom stereocenters. The van der Waals surface area contributed by atoms with Gasteiger partial charge in [-0.25, -0.2) is 0 Å². The summed E-state index contributed by atoms with van der Waals surface area (Å²) >= 11 is 0. The maximum Gasteiger partial charge on any atom is 0.0213 e. The third-order valence-corrected chi connectivity index (χ3v) is 0. The van der Waals surface area contributed by atoms with Gasteiger partial charge in [0.15, 0.2) is 0 Å². The van der Waals surface area contributed by atoms with Gasteiger partial charge in [0.1, 0.15) is 0 Å². The molecule has 0 unspecified atom stereocenters. The molecule has 38 valence electrons. The van der Waals surface area contributed by atoms with Crippen molar-refractivity contribution in [3.63, 3.8) is 0 Å². The topological polar surface area (TPSA) is 33.5 Å². The molecule has 0 aliphatic rings. The van der Waals surface area contributed by atoms with Crippen LogP contribution in [0.4, 0.5) is 0 Å². The molecule has 0 amide bonds. The van der Waals surface area contributed by atoms with E-state index < -0.39 is 0 Å². The Labute approximate surface area is 68.6 Å². The number of hydrogen-bond acceptors (Lipinski definition) is 0. The van der Waals surface area contributed by atoms with Crippen molar-refractivity contribution in [1.29, 1.82) is 0 Å². The Hall–Kier alpha value is 1.28. The van der Waals surface area contributed by atoms with E-state index in [2.05, 4.69) is 13.1 Å². The van der Waals surface area contributed by atoms with Crippen molar-refractivity contribution in [2.75, 3.05) is 0 Å². The van der Waals surface area contributed by atoms with E-state index in [1.807, 2.05) is 0 Å². The molecule has 3 heteroatoms. The molecule has 0 saturated carbocycles. The quantitative estimate of drug-likeness (QED) is 0.510. The van der Waals surface area contributed by atoms with Crippen LogP contribution in [-0.4, -0.2) is 9.52 Å². The Morgan fingerprint density at radius 2 is 1.17 bits per heavy atom. The predicted molar refractivity (Wildman–Crippen MR) is 30.9 cm³/mol. The van der Waals surface area contributed by atoms with Gasteiger partial charge in [-0.15, -0.1) is 0 Å². The van der Waals surface area contributed by atoms with Crippen LogP contribution in [0.5, 0.6) is 0 Å². The zero-order chi connectivity index (χ0) is 2.71. The smallest absolute Gasteiger partial charge is 0.0213 e. The standard InChI is InChI=1S/C2H7Si.CH4.H2N.Y/c1-3-2;;;/h3H,1-2H3;1H4;1H2;/q;;-1;. The molecular weight excluding hydrogens is 167 g/mol. The summed E-state index contributed by atoms with van der Waals surface area (Å²) in [5.41, 5.74) is 0. The Bertz CT molecular complexity index is 10.8. The van der Waals surface area contributed by atoms with E-state index in [1.54, 1.807) is 0 Å². The molecule has 2 N–H and O–H groups in total. The van der Waals surface area contributed by atoms with Crippen molar-refractivity contribution in [2.45, 2.75) is 20.5 Å². The van der Waals surface area contributed by atoms with Crippen molar-refractivity contribution in [1.82, 2.24) is 0 Å². The van der Waals surface area contributed by atoms with Gasteiger partial charge in [-0.1, -0.05) is 20.5 Å². The molecule has 0 heterocycles. The zero-order valence-corrected chi connectivity index (χ0v) is 7.73. The van der Waals surface area contributed by atoms with Crippen molar-refractivity contribution in [2.24, 2.45) is 0 Å². The van der Waals surface area contributed by atoms with Gasteiger partial charge in [0.05, 0.1) is 0 Å². The van der Waals surface area contributed by atoms with E-state index >= 15 is 0 Å². The number of hydrogen-bond donors (Lipinski definition) is 0. The van der Waals surface area contributed by atoms with Gasteiger partial charge in [0.2, 0.25) is 0 Å². The minimum atomic E-state index is 0. The molecule has 6 heavy (non-hydrogen) atoms. The van der Waals surface area contributed by atoms with Crippen LogP contribution in [-0.2, 0) is 32.7 Å². The van der Waals surface area contributed by atoms with Crippen LogP contribution in [0.2, 0.25) is 13.1 Å². The predicted octanol–water partition coefficient (Wildman–Crippen LogP) is 1.87. The molecule has 0 aromatic heterocycles. The molecule has 0 aliphatic carbocycles. The molecule has 2 radical (unpaired) electrons. The Morgan fingerprint density at radius 1 is 1.17 bits per heavy atom. The summed E-state index contributed by atoms with van der Waals surface area (Å²) in [4.78, 5) is 0. The summed E-state index contributed by atoms with van der Waals surface area (Å²) < 4.78 is 0.